The van der Waals surface area contributed by atoms with Gasteiger partial charge in [0.25, 0.3) is 0 Å². The van der Waals surface area contributed by atoms with Gasteiger partial charge in [-0.15, -0.1) is 11.3 Å². The zero-order valence-electron chi connectivity index (χ0n) is 10.1. The van der Waals surface area contributed by atoms with E-state index in [9.17, 15) is 0 Å². The first kappa shape index (κ1) is 13.5. The summed E-state index contributed by atoms with van der Waals surface area (Å²) < 4.78 is 5.79. The fraction of sp³-hybridized carbons (Fsp3) is 0.455. The number of hydrogen-bond donors (Lipinski definition) is 1. The molecule has 0 bridgehead atoms. The predicted molar refractivity (Wildman–Crippen MR) is 71.3 cm³/mol. The molecule has 0 radical (unpaired) electrons. The van der Waals surface area contributed by atoms with Crippen LogP contribution in [0, 0.1) is 0 Å². The molecule has 0 spiro atoms. The van der Waals surface area contributed by atoms with Crippen LogP contribution >= 0.6 is 22.9 Å². The first-order valence-corrected chi connectivity index (χ1v) is 6.88. The maximum Gasteiger partial charge on any atom is 0.240 e. The van der Waals surface area contributed by atoms with E-state index >= 15 is 0 Å². The van der Waals surface area contributed by atoms with Gasteiger partial charge in [0, 0.05) is 11.4 Å². The van der Waals surface area contributed by atoms with Crippen LogP contribution in [0.15, 0.2) is 16.7 Å². The summed E-state index contributed by atoms with van der Waals surface area (Å²) >= 11 is 7.51. The van der Waals surface area contributed by atoms with Crippen LogP contribution < -0.4 is 5.73 Å². The minimum Gasteiger partial charge on any atom is -0.338 e. The molecule has 0 unspecified atom stereocenters. The standard InChI is InChI=1S/C11H15ClN4OS/c1-2-16(6-8-3-4-9(12)18-8)7-10-14-11(5-13)17-15-10/h3-4H,2,5-7,13H2,1H3. The highest BCUT2D eigenvalue weighted by Crippen LogP contribution is 2.23. The second-order valence-corrected chi connectivity index (χ2v) is 5.62. The van der Waals surface area contributed by atoms with E-state index in [0.717, 1.165) is 17.4 Å². The number of halogens is 1. The molecule has 0 aliphatic rings. The number of hydrogen-bond acceptors (Lipinski definition) is 6. The lowest BCUT2D eigenvalue weighted by molar-refractivity contribution is 0.261. The van der Waals surface area contributed by atoms with Crippen LogP contribution in [0.3, 0.4) is 0 Å². The van der Waals surface area contributed by atoms with E-state index in [1.54, 1.807) is 11.3 Å². The summed E-state index contributed by atoms with van der Waals surface area (Å²) in [6.07, 6.45) is 0. The quantitative estimate of drug-likeness (QED) is 0.882. The van der Waals surface area contributed by atoms with E-state index in [1.807, 2.05) is 12.1 Å². The van der Waals surface area contributed by atoms with Gasteiger partial charge in [0.15, 0.2) is 5.82 Å². The third-order valence-electron chi connectivity index (χ3n) is 2.51. The Bertz CT molecular complexity index is 499. The van der Waals surface area contributed by atoms with Gasteiger partial charge in [-0.1, -0.05) is 23.7 Å². The van der Waals surface area contributed by atoms with Crippen LogP contribution in [0.1, 0.15) is 23.5 Å². The molecular weight excluding hydrogens is 272 g/mol. The van der Waals surface area contributed by atoms with Crippen LogP contribution in [0.25, 0.3) is 0 Å². The molecule has 2 rings (SSSR count). The zero-order valence-corrected chi connectivity index (χ0v) is 11.7. The molecular formula is C11H15ClN4OS. The van der Waals surface area contributed by atoms with Gasteiger partial charge in [-0.2, -0.15) is 4.98 Å². The van der Waals surface area contributed by atoms with Crippen LogP contribution in [0.5, 0.6) is 0 Å². The molecule has 0 aliphatic carbocycles. The lowest BCUT2D eigenvalue weighted by Crippen LogP contribution is -2.22. The minimum atomic E-state index is 0.277. The molecule has 2 aromatic rings. The van der Waals surface area contributed by atoms with E-state index in [1.165, 1.54) is 4.88 Å². The monoisotopic (exact) mass is 286 g/mol. The van der Waals surface area contributed by atoms with Crippen molar-refractivity contribution < 1.29 is 4.52 Å². The molecule has 98 valence electrons. The summed E-state index contributed by atoms with van der Waals surface area (Å²) in [5.41, 5.74) is 5.43. The average molecular weight is 287 g/mol. The maximum absolute atomic E-state index is 5.92. The molecule has 0 aromatic carbocycles. The van der Waals surface area contributed by atoms with Crippen molar-refractivity contribution in [1.29, 1.82) is 0 Å². The Hall–Kier alpha value is -0.950. The Morgan fingerprint density at radius 1 is 1.44 bits per heavy atom. The second kappa shape index (κ2) is 6.29. The molecule has 2 aromatic heterocycles. The summed E-state index contributed by atoms with van der Waals surface area (Å²) in [4.78, 5) is 7.64. The summed E-state index contributed by atoms with van der Waals surface area (Å²) in [6.45, 7) is 4.76. The van der Waals surface area contributed by atoms with Gasteiger partial charge in [-0.25, -0.2) is 0 Å². The summed E-state index contributed by atoms with van der Waals surface area (Å²) in [7, 11) is 0. The number of rotatable bonds is 6. The highest BCUT2D eigenvalue weighted by molar-refractivity contribution is 7.16. The SMILES string of the molecule is CCN(Cc1noc(CN)n1)Cc1ccc(Cl)s1. The highest BCUT2D eigenvalue weighted by Gasteiger charge is 2.11. The van der Waals surface area contributed by atoms with E-state index in [4.69, 9.17) is 21.9 Å². The third kappa shape index (κ3) is 3.52. The molecule has 7 heteroatoms. The molecule has 2 N–H and O–H groups in total. The Morgan fingerprint density at radius 2 is 2.28 bits per heavy atom. The van der Waals surface area contributed by atoms with Crippen molar-refractivity contribution in [3.63, 3.8) is 0 Å². The van der Waals surface area contributed by atoms with Gasteiger partial charge in [0.2, 0.25) is 5.89 Å². The zero-order chi connectivity index (χ0) is 13.0. The second-order valence-electron chi connectivity index (χ2n) is 3.82. The van der Waals surface area contributed by atoms with Crippen molar-refractivity contribution in [2.75, 3.05) is 6.54 Å². The molecule has 0 aliphatic heterocycles. The van der Waals surface area contributed by atoms with Gasteiger partial charge in [0.05, 0.1) is 17.4 Å². The molecule has 0 amide bonds. The van der Waals surface area contributed by atoms with E-state index < -0.39 is 0 Å². The third-order valence-corrected chi connectivity index (χ3v) is 3.72. The number of aromatic nitrogens is 2. The van der Waals surface area contributed by atoms with Crippen molar-refractivity contribution in [2.24, 2.45) is 5.73 Å². The first-order valence-electron chi connectivity index (χ1n) is 5.69. The number of nitrogens with two attached hydrogens (primary N) is 1. The summed E-state index contributed by atoms with van der Waals surface area (Å²) in [5.74, 6) is 1.14. The number of nitrogens with zero attached hydrogens (tertiary/aromatic N) is 3. The predicted octanol–water partition coefficient (Wildman–Crippen LogP) is 2.27. The van der Waals surface area contributed by atoms with Crippen molar-refractivity contribution >= 4 is 22.9 Å². The van der Waals surface area contributed by atoms with Crippen molar-refractivity contribution in [3.8, 4) is 0 Å². The number of thiophene rings is 1. The van der Waals surface area contributed by atoms with Crippen LogP contribution in [-0.4, -0.2) is 21.6 Å². The molecule has 0 atom stereocenters. The topological polar surface area (TPSA) is 68.2 Å². The van der Waals surface area contributed by atoms with Gasteiger partial charge in [-0.05, 0) is 18.7 Å². The summed E-state index contributed by atoms with van der Waals surface area (Å²) in [5, 5.41) is 3.89. The molecule has 0 saturated heterocycles. The smallest absolute Gasteiger partial charge is 0.240 e. The van der Waals surface area contributed by atoms with Crippen LogP contribution in [0.4, 0.5) is 0 Å². The molecule has 18 heavy (non-hydrogen) atoms. The molecule has 2 heterocycles. The fourth-order valence-electron chi connectivity index (χ4n) is 1.57. The lowest BCUT2D eigenvalue weighted by Gasteiger charge is -2.17. The first-order chi connectivity index (χ1) is 8.71. The van der Waals surface area contributed by atoms with Gasteiger partial charge < -0.3 is 10.3 Å². The largest absolute Gasteiger partial charge is 0.338 e. The molecule has 0 saturated carbocycles. The van der Waals surface area contributed by atoms with E-state index in [2.05, 4.69) is 22.0 Å². The lowest BCUT2D eigenvalue weighted by atomic mass is 10.4. The van der Waals surface area contributed by atoms with Crippen molar-refractivity contribution in [2.45, 2.75) is 26.6 Å². The highest BCUT2D eigenvalue weighted by atomic mass is 35.5. The van der Waals surface area contributed by atoms with Crippen molar-refractivity contribution in [3.05, 3.63) is 33.1 Å². The maximum atomic E-state index is 5.92. The normalized spacial score (nSPS) is 11.3. The Balaban J connectivity index is 1.96. The van der Waals surface area contributed by atoms with Gasteiger partial charge in [-0.3, -0.25) is 4.90 Å². The average Bonchev–Trinajstić information content (AvgIpc) is 2.97. The van der Waals surface area contributed by atoms with Crippen LogP contribution in [-0.2, 0) is 19.6 Å². The van der Waals surface area contributed by atoms with Gasteiger partial charge in [0.1, 0.15) is 0 Å². The van der Waals surface area contributed by atoms with Crippen molar-refractivity contribution in [1.82, 2.24) is 15.0 Å². The fourth-order valence-corrected chi connectivity index (χ4v) is 2.70. The van der Waals surface area contributed by atoms with E-state index in [-0.39, 0.29) is 6.54 Å². The Kier molecular flexibility index (Phi) is 4.71. The van der Waals surface area contributed by atoms with Crippen LogP contribution in [0.2, 0.25) is 4.34 Å². The molecule has 5 nitrogen and oxygen atoms in total. The summed E-state index contributed by atoms with van der Waals surface area (Å²) in [6, 6.07) is 3.95. The Morgan fingerprint density at radius 3 is 2.83 bits per heavy atom. The van der Waals surface area contributed by atoms with Gasteiger partial charge >= 0.3 is 0 Å². The Labute approximate surface area is 115 Å². The minimum absolute atomic E-state index is 0.277. The van der Waals surface area contributed by atoms with E-state index in [0.29, 0.717) is 18.3 Å². The molecule has 0 fully saturated rings.